The monoisotopic (exact) mass is 281 g/mol. The lowest BCUT2D eigenvalue weighted by atomic mass is 9.92. The molecular weight excluding hydrogens is 250 g/mol. The highest BCUT2D eigenvalue weighted by Gasteiger charge is 2.29. The van der Waals surface area contributed by atoms with Crippen molar-refractivity contribution in [2.75, 3.05) is 26.8 Å². The lowest BCUT2D eigenvalue weighted by molar-refractivity contribution is 0.0495. The van der Waals surface area contributed by atoms with E-state index >= 15 is 0 Å². The SMILES string of the molecule is CC(C)NC(C)(C#N)CC(C)N(C)CC1CCOCC1. The molecule has 0 aliphatic carbocycles. The highest BCUT2D eigenvalue weighted by Crippen LogP contribution is 2.20. The summed E-state index contributed by atoms with van der Waals surface area (Å²) in [6.45, 7) is 11.3. The molecule has 4 nitrogen and oxygen atoms in total. The van der Waals surface area contributed by atoms with E-state index in [1.165, 1.54) is 0 Å². The summed E-state index contributed by atoms with van der Waals surface area (Å²) in [4.78, 5) is 2.40. The van der Waals surface area contributed by atoms with Crippen molar-refractivity contribution in [1.29, 1.82) is 5.26 Å². The summed E-state index contributed by atoms with van der Waals surface area (Å²) in [5, 5.41) is 12.8. The average molecular weight is 281 g/mol. The van der Waals surface area contributed by atoms with Crippen molar-refractivity contribution in [2.45, 2.75) is 64.6 Å². The van der Waals surface area contributed by atoms with Crippen molar-refractivity contribution in [3.05, 3.63) is 0 Å². The van der Waals surface area contributed by atoms with E-state index in [-0.39, 0.29) is 0 Å². The van der Waals surface area contributed by atoms with Gasteiger partial charge in [0.05, 0.1) is 6.07 Å². The zero-order valence-electron chi connectivity index (χ0n) is 13.8. The first-order valence-corrected chi connectivity index (χ1v) is 7.83. The molecule has 0 radical (unpaired) electrons. The fourth-order valence-corrected chi connectivity index (χ4v) is 3.04. The Morgan fingerprint density at radius 2 is 1.95 bits per heavy atom. The maximum Gasteiger partial charge on any atom is 0.105 e. The van der Waals surface area contributed by atoms with Crippen molar-refractivity contribution >= 4 is 0 Å². The summed E-state index contributed by atoms with van der Waals surface area (Å²) in [6.07, 6.45) is 3.18. The fourth-order valence-electron chi connectivity index (χ4n) is 3.04. The molecule has 1 fully saturated rings. The molecule has 1 rings (SSSR count). The highest BCUT2D eigenvalue weighted by molar-refractivity contribution is 5.06. The van der Waals surface area contributed by atoms with Crippen LogP contribution in [0.1, 0.15) is 47.0 Å². The predicted molar refractivity (Wildman–Crippen MR) is 82.5 cm³/mol. The number of hydrogen-bond donors (Lipinski definition) is 1. The van der Waals surface area contributed by atoms with Crippen LogP contribution in [0.4, 0.5) is 0 Å². The molecule has 0 aromatic heterocycles. The van der Waals surface area contributed by atoms with E-state index in [1.807, 2.05) is 6.92 Å². The summed E-state index contributed by atoms with van der Waals surface area (Å²) >= 11 is 0. The standard InChI is InChI=1S/C16H31N3O/c1-13(2)18-16(4,12-17)10-14(3)19(5)11-15-6-8-20-9-7-15/h13-15,18H,6-11H2,1-5H3. The number of hydrogen-bond acceptors (Lipinski definition) is 4. The molecule has 0 saturated carbocycles. The molecule has 2 unspecified atom stereocenters. The minimum Gasteiger partial charge on any atom is -0.381 e. The zero-order chi connectivity index (χ0) is 15.2. The van der Waals surface area contributed by atoms with Gasteiger partial charge in [-0.3, -0.25) is 5.32 Å². The summed E-state index contributed by atoms with van der Waals surface area (Å²) in [6, 6.07) is 3.16. The minimum atomic E-state index is -0.447. The van der Waals surface area contributed by atoms with Crippen LogP contribution in [0.2, 0.25) is 0 Å². The Labute approximate surface area is 124 Å². The summed E-state index contributed by atoms with van der Waals surface area (Å²) in [5.74, 6) is 0.739. The van der Waals surface area contributed by atoms with E-state index in [0.717, 1.165) is 44.9 Å². The van der Waals surface area contributed by atoms with E-state index in [1.54, 1.807) is 0 Å². The van der Waals surface area contributed by atoms with Gasteiger partial charge in [0.1, 0.15) is 5.54 Å². The first-order chi connectivity index (χ1) is 9.36. The number of nitrogens with zero attached hydrogens (tertiary/aromatic N) is 2. The molecule has 1 heterocycles. The molecule has 0 aromatic carbocycles. The Kier molecular flexibility index (Phi) is 6.94. The van der Waals surface area contributed by atoms with Gasteiger partial charge in [0, 0.05) is 31.8 Å². The van der Waals surface area contributed by atoms with Crippen molar-refractivity contribution < 1.29 is 4.74 Å². The van der Waals surface area contributed by atoms with Crippen LogP contribution < -0.4 is 5.32 Å². The lowest BCUT2D eigenvalue weighted by Gasteiger charge is -2.35. The predicted octanol–water partition coefficient (Wildman–Crippen LogP) is 2.40. The molecule has 1 saturated heterocycles. The summed E-state index contributed by atoms with van der Waals surface area (Å²) in [7, 11) is 2.17. The molecule has 116 valence electrons. The van der Waals surface area contributed by atoms with Crippen LogP contribution in [-0.4, -0.2) is 49.3 Å². The van der Waals surface area contributed by atoms with E-state index in [0.29, 0.717) is 12.1 Å². The molecular formula is C16H31N3O. The maximum absolute atomic E-state index is 9.44. The molecule has 4 heteroatoms. The van der Waals surface area contributed by atoms with Gasteiger partial charge in [0.2, 0.25) is 0 Å². The molecule has 0 bridgehead atoms. The van der Waals surface area contributed by atoms with Crippen LogP contribution in [0.15, 0.2) is 0 Å². The van der Waals surface area contributed by atoms with Crippen LogP contribution >= 0.6 is 0 Å². The second-order valence-electron chi connectivity index (χ2n) is 6.79. The first-order valence-electron chi connectivity index (χ1n) is 7.83. The second-order valence-corrected chi connectivity index (χ2v) is 6.79. The number of nitriles is 1. The van der Waals surface area contributed by atoms with E-state index in [2.05, 4.69) is 44.1 Å². The van der Waals surface area contributed by atoms with Crippen molar-refractivity contribution in [1.82, 2.24) is 10.2 Å². The number of nitrogens with one attached hydrogen (secondary N) is 1. The van der Waals surface area contributed by atoms with Gasteiger partial charge in [0.15, 0.2) is 0 Å². The third kappa shape index (κ3) is 5.78. The van der Waals surface area contributed by atoms with Gasteiger partial charge in [0.25, 0.3) is 0 Å². The van der Waals surface area contributed by atoms with Gasteiger partial charge in [-0.2, -0.15) is 5.26 Å². The van der Waals surface area contributed by atoms with Gasteiger partial charge < -0.3 is 9.64 Å². The average Bonchev–Trinajstić information content (AvgIpc) is 2.38. The van der Waals surface area contributed by atoms with Crippen LogP contribution in [0.25, 0.3) is 0 Å². The second kappa shape index (κ2) is 7.97. The summed E-state index contributed by atoms with van der Waals surface area (Å²) in [5.41, 5.74) is -0.447. The van der Waals surface area contributed by atoms with Gasteiger partial charge in [-0.15, -0.1) is 0 Å². The van der Waals surface area contributed by atoms with E-state index in [4.69, 9.17) is 4.74 Å². The Balaban J connectivity index is 2.46. The fraction of sp³-hybridized carbons (Fsp3) is 0.938. The molecule has 0 spiro atoms. The summed E-state index contributed by atoms with van der Waals surface area (Å²) < 4.78 is 5.41. The van der Waals surface area contributed by atoms with Gasteiger partial charge in [-0.25, -0.2) is 0 Å². The number of rotatable bonds is 7. The Morgan fingerprint density at radius 1 is 1.35 bits per heavy atom. The Morgan fingerprint density at radius 3 is 2.45 bits per heavy atom. The molecule has 0 aromatic rings. The highest BCUT2D eigenvalue weighted by atomic mass is 16.5. The zero-order valence-corrected chi connectivity index (χ0v) is 13.8. The minimum absolute atomic E-state index is 0.327. The van der Waals surface area contributed by atoms with Crippen molar-refractivity contribution in [3.63, 3.8) is 0 Å². The maximum atomic E-state index is 9.44. The van der Waals surface area contributed by atoms with Crippen LogP contribution in [0.5, 0.6) is 0 Å². The normalized spacial score (nSPS) is 21.7. The van der Waals surface area contributed by atoms with Gasteiger partial charge in [-0.05, 0) is 59.9 Å². The lowest BCUT2D eigenvalue weighted by Crippen LogP contribution is -2.49. The van der Waals surface area contributed by atoms with Crippen LogP contribution in [0.3, 0.4) is 0 Å². The molecule has 1 N–H and O–H groups in total. The van der Waals surface area contributed by atoms with Crippen LogP contribution in [-0.2, 0) is 4.74 Å². The topological polar surface area (TPSA) is 48.3 Å². The van der Waals surface area contributed by atoms with Gasteiger partial charge >= 0.3 is 0 Å². The molecule has 0 amide bonds. The van der Waals surface area contributed by atoms with E-state index in [9.17, 15) is 5.26 Å². The first kappa shape index (κ1) is 17.4. The smallest absolute Gasteiger partial charge is 0.105 e. The largest absolute Gasteiger partial charge is 0.381 e. The third-order valence-corrected chi connectivity index (χ3v) is 4.20. The molecule has 2 atom stereocenters. The van der Waals surface area contributed by atoms with Crippen molar-refractivity contribution in [3.8, 4) is 6.07 Å². The Hall–Kier alpha value is -0.630. The third-order valence-electron chi connectivity index (χ3n) is 4.20. The van der Waals surface area contributed by atoms with Gasteiger partial charge in [-0.1, -0.05) is 0 Å². The Bertz CT molecular complexity index is 320. The van der Waals surface area contributed by atoms with Crippen molar-refractivity contribution in [2.24, 2.45) is 5.92 Å². The number of ether oxygens (including phenoxy) is 1. The molecule has 1 aliphatic rings. The van der Waals surface area contributed by atoms with Crippen LogP contribution in [0, 0.1) is 17.2 Å². The quantitative estimate of drug-likeness (QED) is 0.778. The molecule has 20 heavy (non-hydrogen) atoms. The van der Waals surface area contributed by atoms with E-state index < -0.39 is 5.54 Å². The molecule has 1 aliphatic heterocycles.